The van der Waals surface area contributed by atoms with Gasteiger partial charge in [0.15, 0.2) is 0 Å². The maximum absolute atomic E-state index is 13.0. The predicted octanol–water partition coefficient (Wildman–Crippen LogP) is 4.82. The molecule has 49 heavy (non-hydrogen) atoms. The highest BCUT2D eigenvalue weighted by atomic mass is 16.6. The normalized spacial score (nSPS) is 16.7. The number of H-pyrrole nitrogens is 1. The van der Waals surface area contributed by atoms with Gasteiger partial charge in [-0.15, -0.1) is 0 Å². The zero-order valence-corrected chi connectivity index (χ0v) is 27.4. The van der Waals surface area contributed by atoms with Crippen molar-refractivity contribution in [2.75, 3.05) is 13.2 Å². The van der Waals surface area contributed by atoms with E-state index in [4.69, 9.17) is 18.9 Å². The van der Waals surface area contributed by atoms with Crippen LogP contribution in [0.4, 0.5) is 0 Å². The summed E-state index contributed by atoms with van der Waals surface area (Å²) >= 11 is 0. The largest absolute Gasteiger partial charge is 0.462 e. The Balaban J connectivity index is 1.26. The standard InChI is InChI=1S/C38H36N2O9/c1-24-8-14-27(15-9-24)35(42)46-20-6-4-5-7-30-22-40(38(45)39-34(30)41)33-21-31(49-37(44)29-18-12-26(3)13-19-29)32(48-33)23-47-36(43)28-16-10-25(2)11-17-28/h8-19,22,31-33H,4,6,20-21,23H2,1-3H3,(H,39,41,45)/t31-,32+,33+/m0/s1. The Bertz CT molecular complexity index is 1980. The monoisotopic (exact) mass is 664 g/mol. The van der Waals surface area contributed by atoms with Crippen molar-refractivity contribution < 1.29 is 33.3 Å². The van der Waals surface area contributed by atoms with Crippen molar-refractivity contribution in [3.8, 4) is 11.8 Å². The van der Waals surface area contributed by atoms with E-state index < -0.39 is 47.6 Å². The molecule has 4 aromatic rings. The molecule has 0 amide bonds. The number of unbranched alkanes of at least 4 members (excludes halogenated alkanes) is 1. The van der Waals surface area contributed by atoms with Gasteiger partial charge >= 0.3 is 23.6 Å². The lowest BCUT2D eigenvalue weighted by Gasteiger charge is -2.19. The summed E-state index contributed by atoms with van der Waals surface area (Å²) in [4.78, 5) is 65.7. The topological polar surface area (TPSA) is 143 Å². The van der Waals surface area contributed by atoms with Crippen molar-refractivity contribution in [3.05, 3.63) is 139 Å². The number of ether oxygens (including phenoxy) is 4. The van der Waals surface area contributed by atoms with Crippen molar-refractivity contribution in [1.29, 1.82) is 0 Å². The summed E-state index contributed by atoms with van der Waals surface area (Å²) in [6.45, 7) is 5.61. The van der Waals surface area contributed by atoms with Gasteiger partial charge in [-0.3, -0.25) is 14.3 Å². The van der Waals surface area contributed by atoms with E-state index in [-0.39, 0.29) is 25.2 Å². The summed E-state index contributed by atoms with van der Waals surface area (Å²) in [7, 11) is 0. The van der Waals surface area contributed by atoms with Crippen LogP contribution in [0.5, 0.6) is 0 Å². The van der Waals surface area contributed by atoms with Gasteiger partial charge in [0.1, 0.15) is 30.6 Å². The molecule has 1 aromatic heterocycles. The molecule has 0 saturated carbocycles. The molecule has 0 aliphatic carbocycles. The van der Waals surface area contributed by atoms with E-state index in [1.807, 2.05) is 32.9 Å². The molecule has 0 radical (unpaired) electrons. The Kier molecular flexibility index (Phi) is 11.2. The molecule has 1 saturated heterocycles. The second-order valence-electron chi connectivity index (χ2n) is 11.8. The van der Waals surface area contributed by atoms with E-state index in [0.29, 0.717) is 29.5 Å². The zero-order valence-electron chi connectivity index (χ0n) is 27.4. The molecule has 0 unspecified atom stereocenters. The number of nitrogens with one attached hydrogen (secondary N) is 1. The van der Waals surface area contributed by atoms with Gasteiger partial charge in [-0.25, -0.2) is 19.2 Å². The smallest absolute Gasteiger partial charge is 0.338 e. The highest BCUT2D eigenvalue weighted by Gasteiger charge is 2.40. The highest BCUT2D eigenvalue weighted by Crippen LogP contribution is 2.31. The number of hydrogen-bond acceptors (Lipinski definition) is 9. The van der Waals surface area contributed by atoms with Crippen molar-refractivity contribution in [2.45, 2.75) is 58.5 Å². The van der Waals surface area contributed by atoms with Crippen LogP contribution in [0.2, 0.25) is 0 Å². The number of benzene rings is 3. The van der Waals surface area contributed by atoms with Gasteiger partial charge in [-0.05, 0) is 63.6 Å². The van der Waals surface area contributed by atoms with Crippen LogP contribution in [0.1, 0.15) is 78.8 Å². The van der Waals surface area contributed by atoms with Crippen molar-refractivity contribution in [1.82, 2.24) is 9.55 Å². The second-order valence-corrected chi connectivity index (χ2v) is 11.8. The Labute approximate surface area is 282 Å². The van der Waals surface area contributed by atoms with Crippen LogP contribution in [-0.2, 0) is 18.9 Å². The Morgan fingerprint density at radius 2 is 1.33 bits per heavy atom. The van der Waals surface area contributed by atoms with E-state index in [1.165, 1.54) is 10.8 Å². The molecule has 3 atom stereocenters. The molecular weight excluding hydrogens is 628 g/mol. The molecular formula is C38H36N2O9. The van der Waals surface area contributed by atoms with Crippen LogP contribution in [-0.4, -0.2) is 52.9 Å². The number of aromatic amines is 1. The van der Waals surface area contributed by atoms with Gasteiger partial charge in [0.25, 0.3) is 5.56 Å². The third-order valence-corrected chi connectivity index (χ3v) is 7.86. The van der Waals surface area contributed by atoms with Gasteiger partial charge in [0.2, 0.25) is 0 Å². The Morgan fingerprint density at radius 3 is 1.90 bits per heavy atom. The lowest BCUT2D eigenvalue weighted by molar-refractivity contribution is -0.0582. The second kappa shape index (κ2) is 15.9. The SMILES string of the molecule is Cc1ccc(C(=O)OCCCC#Cc2cn([C@H]3C[C@H](OC(=O)c4ccc(C)cc4)[C@@H](COC(=O)c4ccc(C)cc4)O3)c(=O)[nH]c2=O)cc1. The average molecular weight is 665 g/mol. The van der Waals surface area contributed by atoms with E-state index >= 15 is 0 Å². The summed E-state index contributed by atoms with van der Waals surface area (Å²) in [5, 5.41) is 0. The molecule has 2 heterocycles. The maximum atomic E-state index is 13.0. The quantitative estimate of drug-likeness (QED) is 0.109. The molecule has 3 aromatic carbocycles. The van der Waals surface area contributed by atoms with Gasteiger partial charge in [0.05, 0.1) is 23.3 Å². The molecule has 252 valence electrons. The molecule has 0 bridgehead atoms. The maximum Gasteiger partial charge on any atom is 0.338 e. The minimum atomic E-state index is -0.968. The van der Waals surface area contributed by atoms with Crippen LogP contribution >= 0.6 is 0 Å². The Morgan fingerprint density at radius 1 is 0.796 bits per heavy atom. The first kappa shape index (κ1) is 34.6. The minimum Gasteiger partial charge on any atom is -0.462 e. The summed E-state index contributed by atoms with van der Waals surface area (Å²) < 4.78 is 23.9. The first-order valence-corrected chi connectivity index (χ1v) is 15.8. The first-order valence-electron chi connectivity index (χ1n) is 15.8. The predicted molar refractivity (Wildman–Crippen MR) is 179 cm³/mol. The number of carbonyl (C=O) groups excluding carboxylic acids is 3. The zero-order chi connectivity index (χ0) is 34.9. The van der Waals surface area contributed by atoms with Crippen LogP contribution < -0.4 is 11.2 Å². The number of carbonyl (C=O) groups is 3. The molecule has 5 rings (SSSR count). The van der Waals surface area contributed by atoms with Gasteiger partial charge in [-0.1, -0.05) is 64.9 Å². The third kappa shape index (κ3) is 9.21. The van der Waals surface area contributed by atoms with Crippen molar-refractivity contribution >= 4 is 17.9 Å². The fraction of sp³-hybridized carbons (Fsp3) is 0.289. The van der Waals surface area contributed by atoms with E-state index in [9.17, 15) is 24.0 Å². The molecule has 1 N–H and O–H groups in total. The lowest BCUT2D eigenvalue weighted by atomic mass is 10.1. The van der Waals surface area contributed by atoms with E-state index in [2.05, 4.69) is 16.8 Å². The Hall–Kier alpha value is -5.73. The summed E-state index contributed by atoms with van der Waals surface area (Å²) in [6, 6.07) is 20.8. The number of hydrogen-bond donors (Lipinski definition) is 1. The van der Waals surface area contributed by atoms with E-state index in [1.54, 1.807) is 60.7 Å². The molecule has 11 heteroatoms. The summed E-state index contributed by atoms with van der Waals surface area (Å²) in [6.07, 6.45) is -0.684. The molecule has 1 aliphatic rings. The van der Waals surface area contributed by atoms with Gasteiger partial charge in [0, 0.05) is 19.0 Å². The number of aromatic nitrogens is 2. The molecule has 1 fully saturated rings. The van der Waals surface area contributed by atoms with Crippen molar-refractivity contribution in [2.24, 2.45) is 0 Å². The van der Waals surface area contributed by atoms with Crippen LogP contribution in [0.3, 0.4) is 0 Å². The highest BCUT2D eigenvalue weighted by molar-refractivity contribution is 5.90. The number of esters is 3. The summed E-state index contributed by atoms with van der Waals surface area (Å²) in [5.41, 5.74) is 2.71. The molecule has 0 spiro atoms. The first-order chi connectivity index (χ1) is 23.6. The minimum absolute atomic E-state index is 0.0160. The molecule has 1 aliphatic heterocycles. The fourth-order valence-corrected chi connectivity index (χ4v) is 5.02. The van der Waals surface area contributed by atoms with E-state index in [0.717, 1.165) is 16.7 Å². The summed E-state index contributed by atoms with van der Waals surface area (Å²) in [5.74, 6) is 4.02. The number of nitrogens with zero attached hydrogens (tertiary/aromatic N) is 1. The third-order valence-electron chi connectivity index (χ3n) is 7.86. The fourth-order valence-electron chi connectivity index (χ4n) is 5.02. The van der Waals surface area contributed by atoms with Crippen molar-refractivity contribution in [3.63, 3.8) is 0 Å². The lowest BCUT2D eigenvalue weighted by Crippen LogP contribution is -2.34. The molecule has 11 nitrogen and oxygen atoms in total. The van der Waals surface area contributed by atoms with Gasteiger partial charge < -0.3 is 18.9 Å². The van der Waals surface area contributed by atoms with Crippen LogP contribution in [0, 0.1) is 32.6 Å². The average Bonchev–Trinajstić information content (AvgIpc) is 3.48. The number of aryl methyl sites for hydroxylation is 3. The van der Waals surface area contributed by atoms with Crippen LogP contribution in [0.25, 0.3) is 0 Å². The van der Waals surface area contributed by atoms with Gasteiger partial charge in [-0.2, -0.15) is 0 Å². The number of rotatable bonds is 10. The van der Waals surface area contributed by atoms with Crippen LogP contribution in [0.15, 0.2) is 88.6 Å².